The van der Waals surface area contributed by atoms with E-state index in [0.717, 1.165) is 12.8 Å². The van der Waals surface area contributed by atoms with Crippen molar-refractivity contribution in [2.24, 2.45) is 0 Å². The first-order chi connectivity index (χ1) is 10.1. The molecule has 5 nitrogen and oxygen atoms in total. The number of nitrogens with one attached hydrogen (secondary N) is 1. The minimum Gasteiger partial charge on any atom is -0.480 e. The summed E-state index contributed by atoms with van der Waals surface area (Å²) in [5, 5.41) is 12.2. The van der Waals surface area contributed by atoms with Gasteiger partial charge in [0.1, 0.15) is 11.8 Å². The number of halogens is 2. The van der Waals surface area contributed by atoms with E-state index in [1.54, 1.807) is 6.07 Å². The number of hydrogen-bond acceptors (Lipinski definition) is 4. The van der Waals surface area contributed by atoms with E-state index in [1.807, 2.05) is 0 Å². The minimum absolute atomic E-state index is 0.0463. The van der Waals surface area contributed by atoms with Crippen LogP contribution in [0, 0.1) is 0 Å². The van der Waals surface area contributed by atoms with Crippen LogP contribution in [0.2, 0.25) is 0 Å². The van der Waals surface area contributed by atoms with E-state index in [-0.39, 0.29) is 17.4 Å². The lowest BCUT2D eigenvalue weighted by molar-refractivity contribution is -0.140. The number of rotatable bonds is 7. The molecule has 0 amide bonds. The van der Waals surface area contributed by atoms with Gasteiger partial charge in [0.2, 0.25) is 0 Å². The molecule has 0 bridgehead atoms. The van der Waals surface area contributed by atoms with E-state index in [2.05, 4.69) is 10.1 Å². The van der Waals surface area contributed by atoms with E-state index in [1.165, 1.54) is 18.2 Å². The Kier molecular flexibility index (Phi) is 5.46. The summed E-state index contributed by atoms with van der Waals surface area (Å²) in [6, 6.07) is 4.76. The Morgan fingerprint density at radius 2 is 2.24 bits per heavy atom. The smallest absolute Gasteiger partial charge is 0.387 e. The van der Waals surface area contributed by atoms with Gasteiger partial charge in [-0.2, -0.15) is 8.78 Å². The molecule has 2 atom stereocenters. The second kappa shape index (κ2) is 7.33. The Morgan fingerprint density at radius 1 is 1.48 bits per heavy atom. The lowest BCUT2D eigenvalue weighted by Gasteiger charge is -2.20. The molecule has 1 heterocycles. The van der Waals surface area contributed by atoms with Gasteiger partial charge in [-0.25, -0.2) is 0 Å². The zero-order chi connectivity index (χ0) is 15.2. The maximum atomic E-state index is 12.4. The molecule has 1 aliphatic heterocycles. The molecular formula is C14H17F2NO4. The number of aliphatic carboxylic acids is 1. The number of carboxylic acids is 1. The largest absolute Gasteiger partial charge is 0.480 e. The van der Waals surface area contributed by atoms with Crippen molar-refractivity contribution in [1.29, 1.82) is 0 Å². The summed E-state index contributed by atoms with van der Waals surface area (Å²) in [6.07, 6.45) is 1.75. The van der Waals surface area contributed by atoms with Gasteiger partial charge in [-0.3, -0.25) is 10.1 Å². The molecule has 1 aliphatic rings. The van der Waals surface area contributed by atoms with Crippen molar-refractivity contribution in [3.63, 3.8) is 0 Å². The first kappa shape index (κ1) is 15.7. The average molecular weight is 301 g/mol. The van der Waals surface area contributed by atoms with Crippen LogP contribution < -0.4 is 10.1 Å². The fourth-order valence-corrected chi connectivity index (χ4v) is 2.31. The Bertz CT molecular complexity index is 478. The third-order valence-corrected chi connectivity index (χ3v) is 3.27. The molecule has 0 aliphatic carbocycles. The van der Waals surface area contributed by atoms with Crippen LogP contribution in [0.1, 0.15) is 24.4 Å². The predicted molar refractivity (Wildman–Crippen MR) is 70.4 cm³/mol. The van der Waals surface area contributed by atoms with Gasteiger partial charge in [0.25, 0.3) is 0 Å². The summed E-state index contributed by atoms with van der Waals surface area (Å²) < 4.78 is 34.6. The molecule has 1 fully saturated rings. The third kappa shape index (κ3) is 4.37. The molecule has 21 heavy (non-hydrogen) atoms. The van der Waals surface area contributed by atoms with Gasteiger partial charge in [0, 0.05) is 18.7 Å². The highest BCUT2D eigenvalue weighted by Crippen LogP contribution is 2.27. The van der Waals surface area contributed by atoms with Crippen molar-refractivity contribution in [3.8, 4) is 5.75 Å². The Morgan fingerprint density at radius 3 is 2.86 bits per heavy atom. The van der Waals surface area contributed by atoms with E-state index in [0.29, 0.717) is 13.2 Å². The topological polar surface area (TPSA) is 67.8 Å². The molecule has 0 radical (unpaired) electrons. The van der Waals surface area contributed by atoms with Gasteiger partial charge in [-0.1, -0.05) is 18.2 Å². The Labute approximate surface area is 120 Å². The van der Waals surface area contributed by atoms with E-state index in [4.69, 9.17) is 4.74 Å². The van der Waals surface area contributed by atoms with E-state index in [9.17, 15) is 18.7 Å². The second-order valence-electron chi connectivity index (χ2n) is 4.73. The molecule has 2 unspecified atom stereocenters. The Balaban J connectivity index is 2.11. The summed E-state index contributed by atoms with van der Waals surface area (Å²) in [4.78, 5) is 11.4. The average Bonchev–Trinajstić information content (AvgIpc) is 2.93. The summed E-state index contributed by atoms with van der Waals surface area (Å²) in [5.41, 5.74) is 0.170. The highest BCUT2D eigenvalue weighted by atomic mass is 19.3. The van der Waals surface area contributed by atoms with Crippen molar-refractivity contribution in [3.05, 3.63) is 29.8 Å². The van der Waals surface area contributed by atoms with Crippen molar-refractivity contribution >= 4 is 5.97 Å². The Hall–Kier alpha value is -1.73. The van der Waals surface area contributed by atoms with Gasteiger partial charge < -0.3 is 14.6 Å². The van der Waals surface area contributed by atoms with Crippen molar-refractivity contribution in [2.75, 3.05) is 13.2 Å². The third-order valence-electron chi connectivity index (χ3n) is 3.27. The minimum atomic E-state index is -3.00. The van der Waals surface area contributed by atoms with Crippen LogP contribution in [-0.4, -0.2) is 36.9 Å². The standard InChI is InChI=1S/C14H17F2NO4/c15-14(16)21-11-6-2-1-5-10(11)12(13(18)19)17-8-9-4-3-7-20-9/h1-2,5-6,9,12,14,17H,3-4,7-8H2,(H,18,19). The summed E-state index contributed by atoms with van der Waals surface area (Å²) in [7, 11) is 0. The lowest BCUT2D eigenvalue weighted by atomic mass is 10.1. The van der Waals surface area contributed by atoms with Gasteiger partial charge in [-0.15, -0.1) is 0 Å². The summed E-state index contributed by atoms with van der Waals surface area (Å²) in [5.74, 6) is -1.29. The first-order valence-corrected chi connectivity index (χ1v) is 6.69. The highest BCUT2D eigenvalue weighted by Gasteiger charge is 2.26. The number of ether oxygens (including phenoxy) is 2. The molecular weight excluding hydrogens is 284 g/mol. The van der Waals surface area contributed by atoms with Gasteiger partial charge in [-0.05, 0) is 18.9 Å². The van der Waals surface area contributed by atoms with Crippen LogP contribution in [-0.2, 0) is 9.53 Å². The quantitative estimate of drug-likeness (QED) is 0.808. The molecule has 1 saturated heterocycles. The summed E-state index contributed by atoms with van der Waals surface area (Å²) >= 11 is 0. The highest BCUT2D eigenvalue weighted by molar-refractivity contribution is 5.76. The normalized spacial score (nSPS) is 19.7. The number of para-hydroxylation sites is 1. The number of alkyl halides is 2. The second-order valence-corrected chi connectivity index (χ2v) is 4.73. The van der Waals surface area contributed by atoms with Crippen LogP contribution in [0.4, 0.5) is 8.78 Å². The molecule has 7 heteroatoms. The molecule has 2 N–H and O–H groups in total. The van der Waals surface area contributed by atoms with Crippen molar-refractivity contribution in [2.45, 2.75) is 31.6 Å². The maximum absolute atomic E-state index is 12.4. The number of benzene rings is 1. The van der Waals surface area contributed by atoms with Crippen molar-refractivity contribution in [1.82, 2.24) is 5.32 Å². The molecule has 0 saturated carbocycles. The van der Waals surface area contributed by atoms with Gasteiger partial charge in [0.15, 0.2) is 0 Å². The first-order valence-electron chi connectivity index (χ1n) is 6.69. The SMILES string of the molecule is O=C(O)C(NCC1CCCO1)c1ccccc1OC(F)F. The fourth-order valence-electron chi connectivity index (χ4n) is 2.31. The molecule has 1 aromatic carbocycles. The molecule has 1 aromatic rings. The zero-order valence-corrected chi connectivity index (χ0v) is 11.3. The van der Waals surface area contributed by atoms with Crippen LogP contribution in [0.25, 0.3) is 0 Å². The molecule has 0 spiro atoms. The molecule has 0 aromatic heterocycles. The van der Waals surface area contributed by atoms with Crippen LogP contribution in [0.15, 0.2) is 24.3 Å². The molecule has 116 valence electrons. The van der Waals surface area contributed by atoms with Crippen LogP contribution >= 0.6 is 0 Å². The van der Waals surface area contributed by atoms with E-state index >= 15 is 0 Å². The van der Waals surface area contributed by atoms with Gasteiger partial charge in [0.05, 0.1) is 6.10 Å². The number of hydrogen-bond donors (Lipinski definition) is 2. The maximum Gasteiger partial charge on any atom is 0.387 e. The lowest BCUT2D eigenvalue weighted by Crippen LogP contribution is -2.34. The zero-order valence-electron chi connectivity index (χ0n) is 11.3. The summed E-state index contributed by atoms with van der Waals surface area (Å²) in [6.45, 7) is -1.99. The van der Waals surface area contributed by atoms with Gasteiger partial charge >= 0.3 is 12.6 Å². The predicted octanol–water partition coefficient (Wildman–Crippen LogP) is 2.18. The molecule has 2 rings (SSSR count). The monoisotopic (exact) mass is 301 g/mol. The van der Waals surface area contributed by atoms with Crippen LogP contribution in [0.5, 0.6) is 5.75 Å². The van der Waals surface area contributed by atoms with E-state index < -0.39 is 18.6 Å². The van der Waals surface area contributed by atoms with Crippen molar-refractivity contribution < 1.29 is 28.2 Å². The fraction of sp³-hybridized carbons (Fsp3) is 0.500. The number of carboxylic acid groups (broad SMARTS) is 1. The number of carbonyl (C=O) groups is 1. The van der Waals surface area contributed by atoms with Crippen LogP contribution in [0.3, 0.4) is 0 Å².